The van der Waals surface area contributed by atoms with Crippen LogP contribution in [0.3, 0.4) is 0 Å². The minimum Gasteiger partial charge on any atom is -0.349 e. The average Bonchev–Trinajstić information content (AvgIpc) is 2.94. The number of ether oxygens (including phenoxy) is 1. The Kier molecular flexibility index (Phi) is 7.10. The molecule has 38 heavy (non-hydrogen) atoms. The SMILES string of the molecule is O=C(CN1c2ccccc2COC1c1cccc([N+](=O)[O-])c1)Nc1ccccc1C(=O)Nc1ccccc1. The molecule has 0 spiro atoms. The Morgan fingerprint density at radius 2 is 1.63 bits per heavy atom. The van der Waals surface area contributed by atoms with Gasteiger partial charge in [-0.2, -0.15) is 0 Å². The molecular weight excluding hydrogens is 484 g/mol. The van der Waals surface area contributed by atoms with Crippen LogP contribution in [0.1, 0.15) is 27.7 Å². The number of anilines is 3. The van der Waals surface area contributed by atoms with Gasteiger partial charge in [0.2, 0.25) is 5.91 Å². The summed E-state index contributed by atoms with van der Waals surface area (Å²) in [5.74, 6) is -0.728. The molecule has 1 atom stereocenters. The Balaban J connectivity index is 1.39. The van der Waals surface area contributed by atoms with Gasteiger partial charge in [0.25, 0.3) is 11.6 Å². The summed E-state index contributed by atoms with van der Waals surface area (Å²) in [4.78, 5) is 38.9. The smallest absolute Gasteiger partial charge is 0.269 e. The molecule has 0 saturated carbocycles. The van der Waals surface area contributed by atoms with Crippen molar-refractivity contribution < 1.29 is 19.2 Å². The van der Waals surface area contributed by atoms with E-state index in [0.717, 1.165) is 11.3 Å². The van der Waals surface area contributed by atoms with E-state index in [2.05, 4.69) is 10.6 Å². The standard InChI is InChI=1S/C29H24N4O5/c34-27(31-25-15-6-5-14-24(25)28(35)30-22-11-2-1-3-12-22)18-32-26-16-7-4-9-21(26)19-38-29(32)20-10-8-13-23(17-20)33(36)37/h1-17,29H,18-19H2,(H,30,35)(H,31,34). The molecular formula is C29H24N4O5. The van der Waals surface area contributed by atoms with Crippen molar-refractivity contribution >= 4 is 34.6 Å². The van der Waals surface area contributed by atoms with E-state index in [-0.39, 0.29) is 24.0 Å². The van der Waals surface area contributed by atoms with E-state index >= 15 is 0 Å². The Labute approximate surface area is 218 Å². The van der Waals surface area contributed by atoms with Crippen molar-refractivity contribution in [1.29, 1.82) is 0 Å². The molecule has 1 unspecified atom stereocenters. The molecule has 2 amide bonds. The predicted octanol–water partition coefficient (Wildman–Crippen LogP) is 5.52. The fourth-order valence-corrected chi connectivity index (χ4v) is 4.39. The van der Waals surface area contributed by atoms with Crippen molar-refractivity contribution in [2.45, 2.75) is 12.8 Å². The van der Waals surface area contributed by atoms with Crippen LogP contribution in [0, 0.1) is 10.1 Å². The van der Waals surface area contributed by atoms with Crippen LogP contribution in [0.25, 0.3) is 0 Å². The molecule has 190 valence electrons. The molecule has 0 aromatic heterocycles. The van der Waals surface area contributed by atoms with E-state index < -0.39 is 11.2 Å². The lowest BCUT2D eigenvalue weighted by molar-refractivity contribution is -0.385. The van der Waals surface area contributed by atoms with Crippen molar-refractivity contribution in [2.24, 2.45) is 0 Å². The Morgan fingerprint density at radius 3 is 2.45 bits per heavy atom. The fourth-order valence-electron chi connectivity index (χ4n) is 4.39. The molecule has 1 heterocycles. The van der Waals surface area contributed by atoms with Crippen molar-refractivity contribution in [1.82, 2.24) is 0 Å². The second kappa shape index (κ2) is 10.9. The zero-order chi connectivity index (χ0) is 26.5. The zero-order valence-corrected chi connectivity index (χ0v) is 20.2. The lowest BCUT2D eigenvalue weighted by Crippen LogP contribution is -2.40. The van der Waals surface area contributed by atoms with Crippen LogP contribution in [0.4, 0.5) is 22.7 Å². The number of nitrogens with one attached hydrogen (secondary N) is 2. The number of para-hydroxylation sites is 3. The molecule has 0 radical (unpaired) electrons. The van der Waals surface area contributed by atoms with Crippen LogP contribution < -0.4 is 15.5 Å². The molecule has 5 rings (SSSR count). The second-order valence-corrected chi connectivity index (χ2v) is 8.69. The van der Waals surface area contributed by atoms with Gasteiger partial charge < -0.3 is 20.3 Å². The van der Waals surface area contributed by atoms with Gasteiger partial charge in [0, 0.05) is 34.6 Å². The minimum atomic E-state index is -0.716. The van der Waals surface area contributed by atoms with E-state index in [4.69, 9.17) is 4.74 Å². The third-order valence-corrected chi connectivity index (χ3v) is 6.14. The van der Waals surface area contributed by atoms with Crippen molar-refractivity contribution in [3.05, 3.63) is 130 Å². The number of rotatable bonds is 7. The van der Waals surface area contributed by atoms with Gasteiger partial charge in [0.15, 0.2) is 6.23 Å². The van der Waals surface area contributed by atoms with E-state index in [9.17, 15) is 19.7 Å². The average molecular weight is 509 g/mol. The van der Waals surface area contributed by atoms with Gasteiger partial charge >= 0.3 is 0 Å². The van der Waals surface area contributed by atoms with E-state index in [0.29, 0.717) is 29.1 Å². The summed E-state index contributed by atoms with van der Waals surface area (Å²) < 4.78 is 6.08. The van der Waals surface area contributed by atoms with Gasteiger partial charge in [-0.15, -0.1) is 0 Å². The number of hydrogen-bond acceptors (Lipinski definition) is 6. The van der Waals surface area contributed by atoms with Gasteiger partial charge in [0.1, 0.15) is 6.54 Å². The number of amides is 2. The quantitative estimate of drug-likeness (QED) is 0.251. The Hall–Kier alpha value is -5.02. The lowest BCUT2D eigenvalue weighted by atomic mass is 10.1. The minimum absolute atomic E-state index is 0.0623. The number of carbonyl (C=O) groups excluding carboxylic acids is 2. The van der Waals surface area contributed by atoms with Crippen LogP contribution in [0.2, 0.25) is 0 Å². The summed E-state index contributed by atoms with van der Waals surface area (Å²) in [6.07, 6.45) is -0.716. The molecule has 1 aliphatic heterocycles. The molecule has 4 aromatic carbocycles. The molecule has 9 nitrogen and oxygen atoms in total. The van der Waals surface area contributed by atoms with Crippen LogP contribution in [-0.2, 0) is 16.1 Å². The molecule has 0 aliphatic carbocycles. The maximum absolute atomic E-state index is 13.3. The highest BCUT2D eigenvalue weighted by atomic mass is 16.6. The van der Waals surface area contributed by atoms with Gasteiger partial charge in [0.05, 0.1) is 22.8 Å². The Morgan fingerprint density at radius 1 is 0.895 bits per heavy atom. The molecule has 4 aromatic rings. The monoisotopic (exact) mass is 508 g/mol. The summed E-state index contributed by atoms with van der Waals surface area (Å²) in [7, 11) is 0. The van der Waals surface area contributed by atoms with E-state index in [1.54, 1.807) is 53.4 Å². The summed E-state index contributed by atoms with van der Waals surface area (Å²) in [5, 5.41) is 17.0. The second-order valence-electron chi connectivity index (χ2n) is 8.69. The maximum atomic E-state index is 13.3. The third kappa shape index (κ3) is 5.37. The van der Waals surface area contributed by atoms with Crippen molar-refractivity contribution in [3.8, 4) is 0 Å². The van der Waals surface area contributed by atoms with Gasteiger partial charge in [-0.3, -0.25) is 19.7 Å². The first kappa shape index (κ1) is 24.7. The lowest BCUT2D eigenvalue weighted by Gasteiger charge is -2.38. The van der Waals surface area contributed by atoms with Gasteiger partial charge in [-0.1, -0.05) is 60.7 Å². The predicted molar refractivity (Wildman–Crippen MR) is 144 cm³/mol. The molecule has 0 fully saturated rings. The number of nitro benzene ring substituents is 1. The zero-order valence-electron chi connectivity index (χ0n) is 20.2. The first-order valence-corrected chi connectivity index (χ1v) is 12.0. The topological polar surface area (TPSA) is 114 Å². The number of benzene rings is 4. The normalized spacial score (nSPS) is 14.3. The van der Waals surface area contributed by atoms with Crippen LogP contribution in [0.5, 0.6) is 0 Å². The number of nitrogens with zero attached hydrogens (tertiary/aromatic N) is 2. The summed E-state index contributed by atoms with van der Waals surface area (Å²) in [5.41, 5.74) is 3.50. The highest BCUT2D eigenvalue weighted by Crippen LogP contribution is 2.37. The summed E-state index contributed by atoms with van der Waals surface area (Å²) in [6, 6.07) is 29.5. The van der Waals surface area contributed by atoms with E-state index in [1.165, 1.54) is 12.1 Å². The molecule has 1 aliphatic rings. The van der Waals surface area contributed by atoms with Gasteiger partial charge in [-0.25, -0.2) is 0 Å². The van der Waals surface area contributed by atoms with Crippen molar-refractivity contribution in [2.75, 3.05) is 22.1 Å². The largest absolute Gasteiger partial charge is 0.349 e. The number of fused-ring (bicyclic) bond motifs is 1. The first-order valence-electron chi connectivity index (χ1n) is 12.0. The molecule has 0 saturated heterocycles. The highest BCUT2D eigenvalue weighted by molar-refractivity contribution is 6.10. The number of nitro groups is 1. The summed E-state index contributed by atoms with van der Waals surface area (Å²) in [6.45, 7) is 0.184. The molecule has 9 heteroatoms. The molecule has 0 bridgehead atoms. The fraction of sp³-hybridized carbons (Fsp3) is 0.103. The van der Waals surface area contributed by atoms with Crippen LogP contribution in [0.15, 0.2) is 103 Å². The van der Waals surface area contributed by atoms with Crippen LogP contribution in [-0.4, -0.2) is 23.3 Å². The van der Waals surface area contributed by atoms with Crippen molar-refractivity contribution in [3.63, 3.8) is 0 Å². The summed E-state index contributed by atoms with van der Waals surface area (Å²) >= 11 is 0. The first-order chi connectivity index (χ1) is 18.5. The number of non-ortho nitro benzene ring substituents is 1. The van der Waals surface area contributed by atoms with Gasteiger partial charge in [-0.05, 0) is 30.3 Å². The highest BCUT2D eigenvalue weighted by Gasteiger charge is 2.31. The third-order valence-electron chi connectivity index (χ3n) is 6.14. The van der Waals surface area contributed by atoms with Crippen LogP contribution >= 0.6 is 0 Å². The van der Waals surface area contributed by atoms with E-state index in [1.807, 2.05) is 42.5 Å². The molecule has 2 N–H and O–H groups in total. The number of carbonyl (C=O) groups is 2. The maximum Gasteiger partial charge on any atom is 0.269 e. The Bertz CT molecular complexity index is 1490. The number of hydrogen-bond donors (Lipinski definition) is 2.